The van der Waals surface area contributed by atoms with Crippen LogP contribution in [0.1, 0.15) is 139 Å². The number of hydrogen-bond donors (Lipinski definition) is 0. The van der Waals surface area contributed by atoms with Gasteiger partial charge in [0.25, 0.3) is 11.8 Å². The number of benzene rings is 2. The van der Waals surface area contributed by atoms with E-state index in [1.165, 1.54) is 9.80 Å². The zero-order valence-corrected chi connectivity index (χ0v) is 42.3. The molecule has 4 amide bonds. The van der Waals surface area contributed by atoms with Gasteiger partial charge < -0.3 is 57.2 Å². The Bertz CT molecular complexity index is 2000. The van der Waals surface area contributed by atoms with E-state index in [2.05, 4.69) is 0 Å². The van der Waals surface area contributed by atoms with Gasteiger partial charge in [0, 0.05) is 39.5 Å². The van der Waals surface area contributed by atoms with Crippen LogP contribution in [0.5, 0.6) is 11.5 Å². The molecule has 8 atom stereocenters. The standard InChI is InChI=1S/C52H74N4O14/c1-51(2,3)69-49(59)55-37-21-19-33(61-7)31-35(37)45(57)53-25-23-39(43(53)47(55)67-41-17-11-15-29-65-41)63-27-13-9-10-14-28-64-40-24-26-54-44(40)48(68-42-18-12-16-30-66-42)56(50(60)70-52(4,5)6)38-22-20-34(62-8)32-36(38)46(54)58/h19-22,31-32,39-44,47-48H,9-18,23-30H2,1-8H3/t39?,40?,41?,42?,43-,44-,47-,48-/m0/s1. The molecule has 0 N–H and O–H groups in total. The van der Waals surface area contributed by atoms with Crippen molar-refractivity contribution in [1.29, 1.82) is 0 Å². The Kier molecular flexibility index (Phi) is 16.5. The van der Waals surface area contributed by atoms with Crippen LogP contribution in [0.25, 0.3) is 0 Å². The quantitative estimate of drug-likeness (QED) is 0.156. The highest BCUT2D eigenvalue weighted by Crippen LogP contribution is 2.42. The Hall–Kier alpha value is -4.72. The van der Waals surface area contributed by atoms with Crippen LogP contribution in [0, 0.1) is 0 Å². The molecule has 4 unspecified atom stereocenters. The van der Waals surface area contributed by atoms with Crippen molar-refractivity contribution in [2.24, 2.45) is 0 Å². The first-order valence-electron chi connectivity index (χ1n) is 25.3. The van der Waals surface area contributed by atoms with Gasteiger partial charge in [-0.15, -0.1) is 0 Å². The maximum atomic E-state index is 14.5. The Morgan fingerprint density at radius 1 is 0.586 bits per heavy atom. The number of ether oxygens (including phenoxy) is 10. The summed E-state index contributed by atoms with van der Waals surface area (Å²) in [5.41, 5.74) is -0.257. The second-order valence-electron chi connectivity index (χ2n) is 20.9. The fraction of sp³-hybridized carbons (Fsp3) is 0.692. The van der Waals surface area contributed by atoms with Crippen molar-refractivity contribution < 1.29 is 66.5 Å². The molecule has 4 saturated heterocycles. The Labute approximate surface area is 412 Å². The van der Waals surface area contributed by atoms with Gasteiger partial charge in [-0.2, -0.15) is 0 Å². The third-order valence-electron chi connectivity index (χ3n) is 13.5. The van der Waals surface area contributed by atoms with Gasteiger partial charge in [0.2, 0.25) is 0 Å². The number of amides is 4. The lowest BCUT2D eigenvalue weighted by Gasteiger charge is -2.40. The van der Waals surface area contributed by atoms with Gasteiger partial charge in [-0.05, 0) is 142 Å². The first kappa shape index (κ1) is 51.6. The van der Waals surface area contributed by atoms with Crippen molar-refractivity contribution in [3.63, 3.8) is 0 Å². The zero-order valence-electron chi connectivity index (χ0n) is 42.3. The predicted molar refractivity (Wildman–Crippen MR) is 257 cm³/mol. The SMILES string of the molecule is COc1ccc2c(c1)C(=O)N1CCC(OCCCCCCOC3CCN4C(=O)c5cc(OC)ccc5N(C(=O)OC(C)(C)C)[C@@H](OC5CCCCO5)[C@H]34)[C@H]1[C@H](OC1CCCCO1)N2C(=O)OC(C)(C)C. The fourth-order valence-electron chi connectivity index (χ4n) is 10.3. The van der Waals surface area contributed by atoms with Crippen LogP contribution in [0.2, 0.25) is 0 Å². The van der Waals surface area contributed by atoms with Gasteiger partial charge in [0.15, 0.2) is 25.0 Å². The van der Waals surface area contributed by atoms with E-state index in [4.69, 9.17) is 47.4 Å². The molecule has 0 aromatic heterocycles. The molecule has 2 aromatic rings. The van der Waals surface area contributed by atoms with E-state index in [0.29, 0.717) is 99.2 Å². The van der Waals surface area contributed by atoms with Crippen LogP contribution >= 0.6 is 0 Å². The van der Waals surface area contributed by atoms with Crippen LogP contribution in [0.15, 0.2) is 36.4 Å². The highest BCUT2D eigenvalue weighted by molar-refractivity contribution is 6.06. The molecule has 6 aliphatic rings. The first-order chi connectivity index (χ1) is 33.5. The van der Waals surface area contributed by atoms with E-state index >= 15 is 0 Å². The Balaban J connectivity index is 0.927. The molecule has 6 heterocycles. The lowest BCUT2D eigenvalue weighted by Crippen LogP contribution is -2.58. The largest absolute Gasteiger partial charge is 0.497 e. The molecule has 70 heavy (non-hydrogen) atoms. The minimum atomic E-state index is -0.954. The summed E-state index contributed by atoms with van der Waals surface area (Å²) in [7, 11) is 3.08. The van der Waals surface area contributed by atoms with Gasteiger partial charge in [-0.1, -0.05) is 12.8 Å². The maximum absolute atomic E-state index is 14.5. The zero-order chi connectivity index (χ0) is 49.7. The summed E-state index contributed by atoms with van der Waals surface area (Å²) in [6.45, 7) is 13.6. The maximum Gasteiger partial charge on any atom is 0.417 e. The molecule has 0 radical (unpaired) electrons. The first-order valence-corrected chi connectivity index (χ1v) is 25.3. The van der Waals surface area contributed by atoms with Crippen LogP contribution < -0.4 is 19.3 Å². The van der Waals surface area contributed by atoms with Crippen molar-refractivity contribution >= 4 is 35.4 Å². The number of rotatable bonds is 15. The van der Waals surface area contributed by atoms with Crippen LogP contribution in [-0.2, 0) is 37.9 Å². The monoisotopic (exact) mass is 979 g/mol. The van der Waals surface area contributed by atoms with E-state index in [1.54, 1.807) is 60.4 Å². The number of unbranched alkanes of at least 4 members (excludes halogenated alkanes) is 3. The molecule has 6 aliphatic heterocycles. The summed E-state index contributed by atoms with van der Waals surface area (Å²) < 4.78 is 61.9. The number of anilines is 2. The van der Waals surface area contributed by atoms with Gasteiger partial charge in [-0.25, -0.2) is 19.4 Å². The summed E-state index contributed by atoms with van der Waals surface area (Å²) in [4.78, 5) is 64.0. The lowest BCUT2D eigenvalue weighted by atomic mass is 10.1. The molecule has 4 fully saturated rings. The fourth-order valence-corrected chi connectivity index (χ4v) is 10.3. The number of carbonyl (C=O) groups is 4. The molecule has 18 heteroatoms. The molecule has 18 nitrogen and oxygen atoms in total. The normalized spacial score (nSPS) is 27.0. The minimum absolute atomic E-state index is 0.240. The van der Waals surface area contributed by atoms with E-state index in [1.807, 2.05) is 41.5 Å². The molecule has 0 spiro atoms. The van der Waals surface area contributed by atoms with Crippen molar-refractivity contribution in [3.8, 4) is 11.5 Å². The molecular weight excluding hydrogens is 905 g/mol. The minimum Gasteiger partial charge on any atom is -0.497 e. The van der Waals surface area contributed by atoms with Crippen LogP contribution in [-0.4, -0.2) is 148 Å². The third-order valence-corrected chi connectivity index (χ3v) is 13.5. The van der Waals surface area contributed by atoms with E-state index < -0.39 is 72.7 Å². The summed E-state index contributed by atoms with van der Waals surface area (Å²) in [5, 5.41) is 0. The molecule has 2 aromatic carbocycles. The molecule has 0 aliphatic carbocycles. The Morgan fingerprint density at radius 2 is 1.00 bits per heavy atom. The van der Waals surface area contributed by atoms with Crippen molar-refractivity contribution in [3.05, 3.63) is 47.5 Å². The average Bonchev–Trinajstić information content (AvgIpc) is 3.91. The van der Waals surface area contributed by atoms with Gasteiger partial charge in [0.05, 0.1) is 48.9 Å². The summed E-state index contributed by atoms with van der Waals surface area (Å²) in [6.07, 6.45) is 4.08. The topological polar surface area (TPSA) is 174 Å². The summed E-state index contributed by atoms with van der Waals surface area (Å²) in [6, 6.07) is 8.92. The smallest absolute Gasteiger partial charge is 0.417 e. The second kappa shape index (κ2) is 22.4. The molecule has 0 bridgehead atoms. The van der Waals surface area contributed by atoms with Gasteiger partial charge >= 0.3 is 12.2 Å². The molecule has 8 rings (SSSR count). The summed E-state index contributed by atoms with van der Waals surface area (Å²) in [5.74, 6) is 0.501. The number of nitrogens with zero attached hydrogens (tertiary/aromatic N) is 4. The van der Waals surface area contributed by atoms with Crippen molar-refractivity contribution in [1.82, 2.24) is 9.80 Å². The van der Waals surface area contributed by atoms with Crippen LogP contribution in [0.3, 0.4) is 0 Å². The summed E-state index contributed by atoms with van der Waals surface area (Å²) >= 11 is 0. The van der Waals surface area contributed by atoms with Crippen molar-refractivity contribution in [2.75, 3.05) is 63.5 Å². The number of carbonyl (C=O) groups excluding carboxylic acids is 4. The number of fused-ring (bicyclic) bond motifs is 4. The van der Waals surface area contributed by atoms with Crippen molar-refractivity contribution in [2.45, 2.75) is 179 Å². The molecule has 386 valence electrons. The molecular formula is C52H74N4O14. The lowest BCUT2D eigenvalue weighted by molar-refractivity contribution is -0.202. The van der Waals surface area contributed by atoms with Crippen LogP contribution in [0.4, 0.5) is 21.0 Å². The molecule has 0 saturated carbocycles. The van der Waals surface area contributed by atoms with E-state index in [9.17, 15) is 19.2 Å². The van der Waals surface area contributed by atoms with Gasteiger partial charge in [0.1, 0.15) is 34.8 Å². The number of methoxy groups -OCH3 is 2. The van der Waals surface area contributed by atoms with E-state index in [0.717, 1.165) is 51.4 Å². The highest BCUT2D eigenvalue weighted by Gasteiger charge is 2.54. The van der Waals surface area contributed by atoms with E-state index in [-0.39, 0.29) is 11.8 Å². The predicted octanol–water partition coefficient (Wildman–Crippen LogP) is 8.41. The highest BCUT2D eigenvalue weighted by atomic mass is 16.7. The average molecular weight is 979 g/mol. The third kappa shape index (κ3) is 11.8. The van der Waals surface area contributed by atoms with Gasteiger partial charge in [-0.3, -0.25) is 9.59 Å². The second-order valence-corrected chi connectivity index (χ2v) is 20.9. The Morgan fingerprint density at radius 3 is 1.36 bits per heavy atom. The number of hydrogen-bond acceptors (Lipinski definition) is 14.